The molecule has 0 spiro atoms. The Morgan fingerprint density at radius 3 is 2.12 bits per heavy atom. The Labute approximate surface area is 99.6 Å². The minimum Gasteiger partial charge on any atom is -0.389 e. The van der Waals surface area contributed by atoms with Crippen molar-refractivity contribution in [2.24, 2.45) is 0 Å². The van der Waals surface area contributed by atoms with Gasteiger partial charge in [0.2, 0.25) is 0 Å². The highest BCUT2D eigenvalue weighted by atomic mass is 16.3. The van der Waals surface area contributed by atoms with Gasteiger partial charge in [0, 0.05) is 29.8 Å². The molecule has 1 N–H and O–H groups in total. The third-order valence-corrected chi connectivity index (χ3v) is 2.45. The van der Waals surface area contributed by atoms with Gasteiger partial charge in [0.15, 0.2) is 11.6 Å². The Bertz CT molecular complexity index is 523. The van der Waals surface area contributed by atoms with Crippen molar-refractivity contribution in [1.29, 1.82) is 0 Å². The fraction of sp³-hybridized carbons (Fsp3) is 0.333. The Kier molecular flexibility index (Phi) is 3.10. The number of aliphatic hydroxyl groups is 1. The zero-order valence-corrected chi connectivity index (χ0v) is 10.0. The highest BCUT2D eigenvalue weighted by Crippen LogP contribution is 2.17. The first kappa shape index (κ1) is 11.6. The van der Waals surface area contributed by atoms with Crippen molar-refractivity contribution < 1.29 is 5.11 Å². The number of nitrogens with zero attached hydrogens (tertiary/aromatic N) is 4. The number of hydrogen-bond donors (Lipinski definition) is 1. The van der Waals surface area contributed by atoms with Crippen LogP contribution in [0.25, 0.3) is 11.6 Å². The van der Waals surface area contributed by atoms with Crippen molar-refractivity contribution in [2.45, 2.75) is 26.9 Å². The summed E-state index contributed by atoms with van der Waals surface area (Å²) >= 11 is 0. The highest BCUT2D eigenvalue weighted by molar-refractivity contribution is 5.43. The number of aliphatic hydroxyl groups excluding tert-OH is 1. The fourth-order valence-corrected chi connectivity index (χ4v) is 1.50. The number of aryl methyl sites for hydroxylation is 2. The van der Waals surface area contributed by atoms with Gasteiger partial charge in [-0.25, -0.2) is 19.9 Å². The lowest BCUT2D eigenvalue weighted by molar-refractivity contribution is 0.197. The maximum atomic E-state index is 9.49. The molecule has 2 aromatic heterocycles. The van der Waals surface area contributed by atoms with Gasteiger partial charge in [0.1, 0.15) is 0 Å². The van der Waals surface area contributed by atoms with E-state index in [-0.39, 0.29) is 0 Å². The lowest BCUT2D eigenvalue weighted by atomic mass is 10.1. The van der Waals surface area contributed by atoms with E-state index in [1.807, 2.05) is 13.8 Å². The van der Waals surface area contributed by atoms with Gasteiger partial charge in [-0.15, -0.1) is 0 Å². The van der Waals surface area contributed by atoms with Crippen molar-refractivity contribution in [1.82, 2.24) is 19.9 Å². The van der Waals surface area contributed by atoms with Crippen LogP contribution < -0.4 is 0 Å². The van der Waals surface area contributed by atoms with Crippen LogP contribution in [-0.2, 0) is 0 Å². The van der Waals surface area contributed by atoms with Crippen LogP contribution in [0.1, 0.15) is 29.8 Å². The van der Waals surface area contributed by atoms with Crippen LogP contribution in [0.4, 0.5) is 0 Å². The zero-order chi connectivity index (χ0) is 12.4. The van der Waals surface area contributed by atoms with E-state index in [0.29, 0.717) is 11.6 Å². The van der Waals surface area contributed by atoms with Gasteiger partial charge < -0.3 is 5.11 Å². The van der Waals surface area contributed by atoms with Crippen LogP contribution in [0.3, 0.4) is 0 Å². The van der Waals surface area contributed by atoms with Crippen molar-refractivity contribution in [3.8, 4) is 11.6 Å². The zero-order valence-electron chi connectivity index (χ0n) is 10.0. The van der Waals surface area contributed by atoms with Crippen molar-refractivity contribution in [3.63, 3.8) is 0 Å². The molecule has 2 aromatic rings. The van der Waals surface area contributed by atoms with Crippen molar-refractivity contribution in [3.05, 3.63) is 35.4 Å². The van der Waals surface area contributed by atoms with Gasteiger partial charge in [0.05, 0.1) is 6.10 Å². The summed E-state index contributed by atoms with van der Waals surface area (Å²) in [6, 6.07) is 0. The number of rotatable bonds is 2. The Morgan fingerprint density at radius 2 is 1.59 bits per heavy atom. The molecule has 0 aromatic carbocycles. The molecule has 2 heterocycles. The summed E-state index contributed by atoms with van der Waals surface area (Å²) in [5.41, 5.74) is 2.46. The van der Waals surface area contributed by atoms with E-state index < -0.39 is 6.10 Å². The summed E-state index contributed by atoms with van der Waals surface area (Å²) in [4.78, 5) is 16.8. The van der Waals surface area contributed by atoms with Crippen LogP contribution in [0.2, 0.25) is 0 Å². The molecule has 0 unspecified atom stereocenters. The quantitative estimate of drug-likeness (QED) is 0.848. The lowest BCUT2D eigenvalue weighted by Gasteiger charge is -2.08. The third-order valence-electron chi connectivity index (χ3n) is 2.45. The fourth-order valence-electron chi connectivity index (χ4n) is 1.50. The average Bonchev–Trinajstić information content (AvgIpc) is 2.29. The van der Waals surface area contributed by atoms with Crippen LogP contribution in [-0.4, -0.2) is 25.0 Å². The van der Waals surface area contributed by atoms with Gasteiger partial charge in [-0.05, 0) is 26.3 Å². The molecule has 1 atom stereocenters. The molecular weight excluding hydrogens is 216 g/mol. The topological polar surface area (TPSA) is 71.8 Å². The van der Waals surface area contributed by atoms with Gasteiger partial charge in [-0.3, -0.25) is 0 Å². The molecule has 0 radical (unpaired) electrons. The molecule has 0 fully saturated rings. The summed E-state index contributed by atoms with van der Waals surface area (Å²) in [5.74, 6) is 0.975. The van der Waals surface area contributed by atoms with Crippen LogP contribution in [0.15, 0.2) is 18.6 Å². The lowest BCUT2D eigenvalue weighted by Crippen LogP contribution is -2.02. The van der Waals surface area contributed by atoms with Gasteiger partial charge in [-0.2, -0.15) is 0 Å². The van der Waals surface area contributed by atoms with Crippen LogP contribution in [0.5, 0.6) is 0 Å². The summed E-state index contributed by atoms with van der Waals surface area (Å²) < 4.78 is 0. The third kappa shape index (κ3) is 2.45. The molecule has 17 heavy (non-hydrogen) atoms. The van der Waals surface area contributed by atoms with Gasteiger partial charge in [-0.1, -0.05) is 0 Å². The first-order chi connectivity index (χ1) is 8.08. The smallest absolute Gasteiger partial charge is 0.197 e. The summed E-state index contributed by atoms with van der Waals surface area (Å²) in [6.07, 6.45) is 4.50. The molecule has 0 bridgehead atoms. The first-order valence-corrected chi connectivity index (χ1v) is 5.38. The Morgan fingerprint density at radius 1 is 1.00 bits per heavy atom. The predicted octanol–water partition coefficient (Wildman–Crippen LogP) is 1.60. The Hall–Kier alpha value is -1.88. The highest BCUT2D eigenvalue weighted by Gasteiger charge is 2.10. The normalized spacial score (nSPS) is 12.5. The molecular formula is C12H14N4O. The summed E-state index contributed by atoms with van der Waals surface area (Å²) in [5, 5.41) is 9.49. The van der Waals surface area contributed by atoms with E-state index in [2.05, 4.69) is 19.9 Å². The minimum atomic E-state index is -0.567. The monoisotopic (exact) mass is 230 g/mol. The van der Waals surface area contributed by atoms with Crippen LogP contribution in [0, 0.1) is 13.8 Å². The molecule has 0 aliphatic carbocycles. The molecule has 0 saturated heterocycles. The number of hydrogen-bond acceptors (Lipinski definition) is 5. The molecule has 0 amide bonds. The van der Waals surface area contributed by atoms with E-state index in [1.165, 1.54) is 0 Å². The second kappa shape index (κ2) is 4.55. The van der Waals surface area contributed by atoms with Gasteiger partial charge in [0.25, 0.3) is 0 Å². The summed E-state index contributed by atoms with van der Waals surface area (Å²) in [7, 11) is 0. The van der Waals surface area contributed by atoms with Crippen molar-refractivity contribution >= 4 is 0 Å². The maximum absolute atomic E-state index is 9.49. The van der Waals surface area contributed by atoms with Gasteiger partial charge >= 0.3 is 0 Å². The van der Waals surface area contributed by atoms with Crippen LogP contribution >= 0.6 is 0 Å². The van der Waals surface area contributed by atoms with E-state index in [0.717, 1.165) is 16.8 Å². The minimum absolute atomic E-state index is 0.479. The van der Waals surface area contributed by atoms with Crippen molar-refractivity contribution in [2.75, 3.05) is 0 Å². The second-order valence-corrected chi connectivity index (χ2v) is 3.99. The largest absolute Gasteiger partial charge is 0.389 e. The SMILES string of the molecule is Cc1cnc(-c2ncc([C@H](C)O)c(C)n2)nc1. The molecule has 88 valence electrons. The molecule has 2 rings (SSSR count). The first-order valence-electron chi connectivity index (χ1n) is 5.38. The Balaban J connectivity index is 2.41. The van der Waals surface area contributed by atoms with E-state index in [1.54, 1.807) is 25.5 Å². The summed E-state index contributed by atoms with van der Waals surface area (Å²) in [6.45, 7) is 5.45. The number of aromatic nitrogens is 4. The maximum Gasteiger partial charge on any atom is 0.197 e. The second-order valence-electron chi connectivity index (χ2n) is 3.99. The standard InChI is InChI=1S/C12H14N4O/c1-7-4-13-11(14-5-7)12-15-6-10(9(3)17)8(2)16-12/h4-6,9,17H,1-3H3/t9-/m0/s1. The molecule has 0 saturated carbocycles. The van der Waals surface area contributed by atoms with E-state index in [4.69, 9.17) is 0 Å². The van der Waals surface area contributed by atoms with E-state index in [9.17, 15) is 5.11 Å². The molecule has 5 heteroatoms. The average molecular weight is 230 g/mol. The molecule has 0 aliphatic heterocycles. The molecule has 5 nitrogen and oxygen atoms in total. The van der Waals surface area contributed by atoms with E-state index >= 15 is 0 Å². The molecule has 0 aliphatic rings. The predicted molar refractivity (Wildman–Crippen MR) is 63.2 cm³/mol.